The fourth-order valence-corrected chi connectivity index (χ4v) is 6.80. The number of rotatable bonds is 5. The van der Waals surface area contributed by atoms with E-state index in [0.717, 1.165) is 28.1 Å². The summed E-state index contributed by atoms with van der Waals surface area (Å²) in [5, 5.41) is 4.82. The maximum absolute atomic E-state index is 5.10. The first kappa shape index (κ1) is 27.2. The van der Waals surface area contributed by atoms with Crippen molar-refractivity contribution >= 4 is 56.1 Å². The van der Waals surface area contributed by atoms with Gasteiger partial charge in [0.05, 0.1) is 40.4 Å². The zero-order chi connectivity index (χ0) is 30.5. The van der Waals surface area contributed by atoms with Crippen LogP contribution >= 0.6 is 0 Å². The van der Waals surface area contributed by atoms with Crippen LogP contribution in [-0.4, -0.2) is 38.1 Å². The van der Waals surface area contributed by atoms with Crippen LogP contribution in [0.15, 0.2) is 146 Å². The van der Waals surface area contributed by atoms with E-state index in [-0.39, 0.29) is 5.11 Å². The summed E-state index contributed by atoms with van der Waals surface area (Å²) in [6.45, 7) is 0. The second kappa shape index (κ2) is 10.7. The van der Waals surface area contributed by atoms with Gasteiger partial charge in [0.1, 0.15) is 0 Å². The molecule has 0 aliphatic carbocycles. The highest BCUT2D eigenvalue weighted by atomic mass is 15.1. The molecule has 0 unspecified atom stereocenters. The van der Waals surface area contributed by atoms with Crippen LogP contribution in [-0.2, 0) is 5.11 Å². The van der Waals surface area contributed by atoms with Gasteiger partial charge in [0.2, 0.25) is 0 Å². The summed E-state index contributed by atoms with van der Waals surface area (Å²) in [6.07, 6.45) is 3.74. The molecule has 3 nitrogen and oxygen atoms in total. The minimum atomic E-state index is -0.127. The maximum Gasteiger partial charge on any atom is 0.0994 e. The van der Waals surface area contributed by atoms with E-state index in [1.165, 1.54) is 49.4 Å². The lowest BCUT2D eigenvalue weighted by Gasteiger charge is -2.22. The van der Waals surface area contributed by atoms with Crippen LogP contribution in [0.2, 0.25) is 0 Å². The van der Waals surface area contributed by atoms with Gasteiger partial charge in [-0.1, -0.05) is 102 Å². The van der Waals surface area contributed by atoms with Crippen molar-refractivity contribution in [1.29, 1.82) is 0 Å². The molecule has 0 fully saturated rings. The van der Waals surface area contributed by atoms with Gasteiger partial charge in [-0.3, -0.25) is 9.55 Å². The molecule has 2 aromatic heterocycles. The average molecular weight is 573 g/mol. The molecule has 6 heteroatoms. The predicted octanol–water partition coefficient (Wildman–Crippen LogP) is 6.74. The molecule has 45 heavy (non-hydrogen) atoms. The van der Waals surface area contributed by atoms with E-state index < -0.39 is 0 Å². The van der Waals surface area contributed by atoms with Crippen molar-refractivity contribution in [2.24, 2.45) is 0 Å². The standard InChI is InChI=1S/C39H30B3N3/c40-39(41,42)38-44-34-18-7-8-19-35(34)45(38)27-11-9-10-26(24-27)36-30-14-3-5-16-32(30)37(33-17-6-4-15-31(33)36)29-13-2-1-12-28(29)25-20-22-43-23-21-25/h1-24H,40-42H2. The van der Waals surface area contributed by atoms with Crippen LogP contribution in [0.3, 0.4) is 0 Å². The molecule has 210 valence electrons. The number of imidazole rings is 1. The number of hydrogen-bond donors (Lipinski definition) is 0. The van der Waals surface area contributed by atoms with E-state index in [4.69, 9.17) is 4.98 Å². The highest BCUT2D eigenvalue weighted by Gasteiger charge is 2.24. The van der Waals surface area contributed by atoms with Crippen molar-refractivity contribution in [2.45, 2.75) is 5.11 Å². The van der Waals surface area contributed by atoms with Gasteiger partial charge in [0, 0.05) is 18.1 Å². The summed E-state index contributed by atoms with van der Waals surface area (Å²) in [5.74, 6) is 1.05. The Balaban J connectivity index is 1.42. The van der Waals surface area contributed by atoms with Gasteiger partial charge in [0.15, 0.2) is 0 Å². The summed E-state index contributed by atoms with van der Waals surface area (Å²) < 4.78 is 2.34. The van der Waals surface area contributed by atoms with Crippen molar-refractivity contribution in [1.82, 2.24) is 14.5 Å². The molecule has 8 rings (SSSR count). The average Bonchev–Trinajstić information content (AvgIpc) is 3.48. The predicted molar refractivity (Wildman–Crippen MR) is 197 cm³/mol. The molecule has 0 N–H and O–H groups in total. The van der Waals surface area contributed by atoms with Gasteiger partial charge in [-0.05, 0) is 91.3 Å². The lowest BCUT2D eigenvalue weighted by atomic mass is 9.42. The molecule has 2 heterocycles. The van der Waals surface area contributed by atoms with Crippen molar-refractivity contribution in [3.63, 3.8) is 0 Å². The topological polar surface area (TPSA) is 30.7 Å². The van der Waals surface area contributed by atoms with Crippen LogP contribution in [0.4, 0.5) is 0 Å². The number of pyridine rings is 1. The molecule has 6 aromatic carbocycles. The van der Waals surface area contributed by atoms with Crippen molar-refractivity contribution in [2.75, 3.05) is 0 Å². The minimum Gasteiger partial charge on any atom is -0.298 e. The SMILES string of the molecule is BC(B)(B)c1nc2ccccc2n1-c1cccc(-c2c3ccccc3c(-c3ccccc3-c3ccncc3)c3ccccc23)c1. The third-order valence-electron chi connectivity index (χ3n) is 8.74. The molecule has 0 saturated carbocycles. The van der Waals surface area contributed by atoms with E-state index in [1.807, 2.05) is 12.4 Å². The summed E-state index contributed by atoms with van der Waals surface area (Å²) in [7, 11) is 6.70. The lowest BCUT2D eigenvalue weighted by molar-refractivity contribution is 0.930. The first-order valence-electron chi connectivity index (χ1n) is 15.5. The highest BCUT2D eigenvalue weighted by Crippen LogP contribution is 2.46. The van der Waals surface area contributed by atoms with Gasteiger partial charge in [-0.25, -0.2) is 4.98 Å². The van der Waals surface area contributed by atoms with Crippen molar-refractivity contribution in [3.8, 4) is 39.1 Å². The summed E-state index contributed by atoms with van der Waals surface area (Å²) >= 11 is 0. The molecule has 8 aromatic rings. The number of fused-ring (bicyclic) bond motifs is 3. The number of aromatic nitrogens is 3. The van der Waals surface area contributed by atoms with E-state index in [9.17, 15) is 0 Å². The number of benzene rings is 6. The first-order valence-corrected chi connectivity index (χ1v) is 15.5. The zero-order valence-corrected chi connectivity index (χ0v) is 25.7. The Bertz CT molecular complexity index is 2320. The number of nitrogens with zero attached hydrogens (tertiary/aromatic N) is 3. The summed E-state index contributed by atoms with van der Waals surface area (Å²) in [4.78, 5) is 9.37. The third-order valence-corrected chi connectivity index (χ3v) is 8.74. The minimum absolute atomic E-state index is 0.127. The Morgan fingerprint density at radius 3 is 1.76 bits per heavy atom. The lowest BCUT2D eigenvalue weighted by Crippen LogP contribution is -2.31. The molecule has 0 atom stereocenters. The molecular formula is C39H30B3N3. The van der Waals surface area contributed by atoms with Gasteiger partial charge in [-0.15, -0.1) is 0 Å². The smallest absolute Gasteiger partial charge is 0.0994 e. The molecule has 0 saturated heterocycles. The number of hydrogen-bond acceptors (Lipinski definition) is 2. The Kier molecular flexibility index (Phi) is 6.46. The Morgan fingerprint density at radius 2 is 1.09 bits per heavy atom. The molecule has 0 spiro atoms. The van der Waals surface area contributed by atoms with Crippen LogP contribution in [0.1, 0.15) is 5.82 Å². The molecule has 0 aliphatic heterocycles. The van der Waals surface area contributed by atoms with E-state index in [0.29, 0.717) is 0 Å². The molecule has 0 aliphatic rings. The largest absolute Gasteiger partial charge is 0.298 e. The molecular weight excluding hydrogens is 543 g/mol. The van der Waals surface area contributed by atoms with Crippen LogP contribution in [0.5, 0.6) is 0 Å². The maximum atomic E-state index is 5.10. The van der Waals surface area contributed by atoms with Crippen molar-refractivity contribution in [3.05, 3.63) is 152 Å². The van der Waals surface area contributed by atoms with E-state index in [2.05, 4.69) is 167 Å². The monoisotopic (exact) mass is 573 g/mol. The van der Waals surface area contributed by atoms with Gasteiger partial charge in [-0.2, -0.15) is 0 Å². The molecule has 0 bridgehead atoms. The highest BCUT2D eigenvalue weighted by molar-refractivity contribution is 6.58. The second-order valence-electron chi connectivity index (χ2n) is 12.7. The fraction of sp³-hybridized carbons (Fsp3) is 0.0256. The van der Waals surface area contributed by atoms with Crippen LogP contribution < -0.4 is 0 Å². The Hall–Kier alpha value is -5.35. The van der Waals surface area contributed by atoms with Gasteiger partial charge in [0.25, 0.3) is 0 Å². The normalized spacial score (nSPS) is 11.8. The molecule has 0 amide bonds. The Morgan fingerprint density at radius 1 is 0.511 bits per heavy atom. The van der Waals surface area contributed by atoms with Gasteiger partial charge >= 0.3 is 0 Å². The van der Waals surface area contributed by atoms with E-state index >= 15 is 0 Å². The quantitative estimate of drug-likeness (QED) is 0.169. The first-order chi connectivity index (χ1) is 22.0. The zero-order valence-electron chi connectivity index (χ0n) is 25.7. The second-order valence-corrected chi connectivity index (χ2v) is 12.7. The molecule has 0 radical (unpaired) electrons. The fourth-order valence-electron chi connectivity index (χ4n) is 6.80. The van der Waals surface area contributed by atoms with Crippen LogP contribution in [0, 0.1) is 0 Å². The third kappa shape index (κ3) is 4.57. The summed E-state index contributed by atoms with van der Waals surface area (Å²) in [6, 6.07) is 48.0. The van der Waals surface area contributed by atoms with E-state index in [1.54, 1.807) is 0 Å². The summed E-state index contributed by atoms with van der Waals surface area (Å²) in [5.41, 5.74) is 10.5. The van der Waals surface area contributed by atoms with Gasteiger partial charge < -0.3 is 0 Å². The Labute approximate surface area is 265 Å². The van der Waals surface area contributed by atoms with Crippen molar-refractivity contribution < 1.29 is 0 Å². The number of para-hydroxylation sites is 2. The van der Waals surface area contributed by atoms with Crippen LogP contribution in [0.25, 0.3) is 71.6 Å².